The Bertz CT molecular complexity index is 848. The van der Waals surface area contributed by atoms with E-state index in [2.05, 4.69) is 5.32 Å². The number of carbonyl (C=O) groups is 3. The molecule has 0 radical (unpaired) electrons. The van der Waals surface area contributed by atoms with Gasteiger partial charge in [-0.1, -0.05) is 30.3 Å². The van der Waals surface area contributed by atoms with Crippen LogP contribution < -0.4 is 10.2 Å². The van der Waals surface area contributed by atoms with Crippen molar-refractivity contribution in [3.63, 3.8) is 0 Å². The number of hydrogen-bond donors (Lipinski definition) is 2. The lowest BCUT2D eigenvalue weighted by molar-refractivity contribution is -0.145. The maximum atomic E-state index is 12.5. The predicted molar refractivity (Wildman–Crippen MR) is 103 cm³/mol. The molecule has 0 saturated carbocycles. The summed E-state index contributed by atoms with van der Waals surface area (Å²) < 4.78 is 0. The molecule has 1 fully saturated rings. The third-order valence-corrected chi connectivity index (χ3v) is 4.93. The Morgan fingerprint density at radius 1 is 1.11 bits per heavy atom. The number of carboxylic acid groups (broad SMARTS) is 1. The summed E-state index contributed by atoms with van der Waals surface area (Å²) in [6.45, 7) is 2.25. The van der Waals surface area contributed by atoms with Crippen LogP contribution in [0, 0.1) is 0 Å². The van der Waals surface area contributed by atoms with Crippen molar-refractivity contribution in [2.24, 2.45) is 0 Å². The van der Waals surface area contributed by atoms with E-state index in [1.54, 1.807) is 66.4 Å². The summed E-state index contributed by atoms with van der Waals surface area (Å²) in [5.74, 6) is -1.33. The van der Waals surface area contributed by atoms with Gasteiger partial charge >= 0.3 is 5.97 Å². The van der Waals surface area contributed by atoms with Crippen molar-refractivity contribution in [3.05, 3.63) is 60.2 Å². The third-order valence-electron chi connectivity index (χ3n) is 4.93. The highest BCUT2D eigenvalue weighted by Crippen LogP contribution is 2.29. The minimum atomic E-state index is -1.31. The summed E-state index contributed by atoms with van der Waals surface area (Å²) in [6, 6.07) is 15.8. The second-order valence-corrected chi connectivity index (χ2v) is 6.92. The molecular weight excluding hydrogens is 344 g/mol. The number of nitrogens with zero attached hydrogens (tertiary/aromatic N) is 1. The normalized spacial score (nSPS) is 16.0. The van der Waals surface area contributed by atoms with E-state index in [1.165, 1.54) is 0 Å². The number of nitrogens with one attached hydrogen (secondary N) is 1. The maximum absolute atomic E-state index is 12.5. The molecule has 1 saturated heterocycles. The first-order chi connectivity index (χ1) is 12.9. The van der Waals surface area contributed by atoms with Crippen molar-refractivity contribution in [1.82, 2.24) is 0 Å². The Hall–Kier alpha value is -3.15. The molecule has 1 atom stereocenters. The summed E-state index contributed by atoms with van der Waals surface area (Å²) in [4.78, 5) is 37.8. The number of carboxylic acids is 1. The van der Waals surface area contributed by atoms with Crippen molar-refractivity contribution >= 4 is 29.2 Å². The van der Waals surface area contributed by atoms with Crippen LogP contribution in [-0.4, -0.2) is 29.4 Å². The number of aliphatic carboxylic acids is 1. The first-order valence-corrected chi connectivity index (χ1v) is 8.89. The molecule has 0 aliphatic carbocycles. The Labute approximate surface area is 157 Å². The van der Waals surface area contributed by atoms with Crippen LogP contribution in [0.4, 0.5) is 11.4 Å². The minimum Gasteiger partial charge on any atom is -0.481 e. The fourth-order valence-electron chi connectivity index (χ4n) is 3.28. The van der Waals surface area contributed by atoms with Gasteiger partial charge < -0.3 is 15.3 Å². The quantitative estimate of drug-likeness (QED) is 0.822. The van der Waals surface area contributed by atoms with Gasteiger partial charge in [0.2, 0.25) is 11.8 Å². The minimum absolute atomic E-state index is 0.104. The maximum Gasteiger partial charge on any atom is 0.314 e. The number of carbonyl (C=O) groups excluding carboxylic acids is 2. The number of hydrogen-bond acceptors (Lipinski definition) is 3. The average molecular weight is 366 g/mol. The van der Waals surface area contributed by atoms with E-state index in [-0.39, 0.29) is 18.2 Å². The summed E-state index contributed by atoms with van der Waals surface area (Å²) in [6.07, 6.45) is 1.23. The van der Waals surface area contributed by atoms with E-state index < -0.39 is 11.4 Å². The van der Waals surface area contributed by atoms with E-state index in [0.29, 0.717) is 24.2 Å². The van der Waals surface area contributed by atoms with Crippen molar-refractivity contribution in [1.29, 1.82) is 0 Å². The molecule has 2 amide bonds. The highest BCUT2D eigenvalue weighted by atomic mass is 16.4. The molecule has 0 aromatic heterocycles. The van der Waals surface area contributed by atoms with E-state index in [0.717, 1.165) is 12.1 Å². The van der Waals surface area contributed by atoms with Gasteiger partial charge in [0.15, 0.2) is 0 Å². The molecule has 2 N–H and O–H groups in total. The van der Waals surface area contributed by atoms with Crippen LogP contribution in [0.5, 0.6) is 0 Å². The monoisotopic (exact) mass is 366 g/mol. The fraction of sp³-hybridized carbons (Fsp3) is 0.286. The molecule has 2 aromatic rings. The van der Waals surface area contributed by atoms with E-state index in [9.17, 15) is 19.5 Å². The molecular formula is C21H22N2O4. The van der Waals surface area contributed by atoms with Gasteiger partial charge in [0, 0.05) is 30.8 Å². The smallest absolute Gasteiger partial charge is 0.314 e. The van der Waals surface area contributed by atoms with Crippen LogP contribution in [0.1, 0.15) is 31.7 Å². The highest BCUT2D eigenvalue weighted by Gasteiger charge is 2.37. The molecule has 1 aliphatic heterocycles. The van der Waals surface area contributed by atoms with Crippen LogP contribution in [0.2, 0.25) is 0 Å². The molecule has 1 unspecified atom stereocenters. The second kappa shape index (κ2) is 7.61. The molecule has 1 aliphatic rings. The standard InChI is InChI=1S/C21H22N2O4/c1-21(20(26)27,15-6-3-2-4-7-15)14-18(24)22-16-9-11-17(12-10-16)23-13-5-8-19(23)25/h2-4,6-7,9-12H,5,8,13-14H2,1H3,(H,22,24)(H,26,27). The Morgan fingerprint density at radius 3 is 2.33 bits per heavy atom. The number of anilines is 2. The van der Waals surface area contributed by atoms with Gasteiger partial charge in [-0.25, -0.2) is 0 Å². The van der Waals surface area contributed by atoms with Crippen LogP contribution in [0.3, 0.4) is 0 Å². The molecule has 0 spiro atoms. The van der Waals surface area contributed by atoms with Gasteiger partial charge in [-0.05, 0) is 43.2 Å². The van der Waals surface area contributed by atoms with Gasteiger partial charge in [0.1, 0.15) is 0 Å². The Kier molecular flexibility index (Phi) is 5.26. The van der Waals surface area contributed by atoms with Crippen LogP contribution >= 0.6 is 0 Å². The van der Waals surface area contributed by atoms with Crippen LogP contribution in [-0.2, 0) is 19.8 Å². The third kappa shape index (κ3) is 4.00. The second-order valence-electron chi connectivity index (χ2n) is 6.92. The predicted octanol–water partition coefficient (Wildman–Crippen LogP) is 3.18. The van der Waals surface area contributed by atoms with Crippen molar-refractivity contribution in [2.75, 3.05) is 16.8 Å². The number of rotatable bonds is 6. The van der Waals surface area contributed by atoms with Crippen LogP contribution in [0.15, 0.2) is 54.6 Å². The Balaban J connectivity index is 1.69. The summed E-state index contributed by atoms with van der Waals surface area (Å²) in [7, 11) is 0. The van der Waals surface area contributed by atoms with Crippen molar-refractivity contribution in [3.8, 4) is 0 Å². The fourth-order valence-corrected chi connectivity index (χ4v) is 3.28. The molecule has 2 aromatic carbocycles. The molecule has 1 heterocycles. The summed E-state index contributed by atoms with van der Waals surface area (Å²) >= 11 is 0. The molecule has 6 heteroatoms. The van der Waals surface area contributed by atoms with E-state index in [4.69, 9.17) is 0 Å². The lowest BCUT2D eigenvalue weighted by Crippen LogP contribution is -2.36. The lowest BCUT2D eigenvalue weighted by atomic mass is 9.79. The molecule has 3 rings (SSSR count). The SMILES string of the molecule is CC(CC(=O)Nc1ccc(N2CCCC2=O)cc1)(C(=O)O)c1ccccc1. The number of benzene rings is 2. The molecule has 0 bridgehead atoms. The summed E-state index contributed by atoms with van der Waals surface area (Å²) in [5.41, 5.74) is 0.634. The topological polar surface area (TPSA) is 86.7 Å². The van der Waals surface area contributed by atoms with E-state index >= 15 is 0 Å². The zero-order valence-electron chi connectivity index (χ0n) is 15.1. The van der Waals surface area contributed by atoms with Crippen LogP contribution in [0.25, 0.3) is 0 Å². The summed E-state index contributed by atoms with van der Waals surface area (Å²) in [5, 5.41) is 12.4. The first-order valence-electron chi connectivity index (χ1n) is 8.89. The molecule has 140 valence electrons. The molecule has 6 nitrogen and oxygen atoms in total. The van der Waals surface area contributed by atoms with Crippen molar-refractivity contribution in [2.45, 2.75) is 31.6 Å². The van der Waals surface area contributed by atoms with Crippen molar-refractivity contribution < 1.29 is 19.5 Å². The van der Waals surface area contributed by atoms with Gasteiger partial charge in [-0.15, -0.1) is 0 Å². The van der Waals surface area contributed by atoms with Gasteiger partial charge in [-0.2, -0.15) is 0 Å². The first kappa shape index (κ1) is 18.6. The Morgan fingerprint density at radius 2 is 1.78 bits per heavy atom. The van der Waals surface area contributed by atoms with Gasteiger partial charge in [-0.3, -0.25) is 14.4 Å². The highest BCUT2D eigenvalue weighted by molar-refractivity contribution is 5.97. The lowest BCUT2D eigenvalue weighted by Gasteiger charge is -2.24. The van der Waals surface area contributed by atoms with Gasteiger partial charge in [0.25, 0.3) is 0 Å². The molecule has 27 heavy (non-hydrogen) atoms. The van der Waals surface area contributed by atoms with E-state index in [1.807, 2.05) is 0 Å². The number of amides is 2. The largest absolute Gasteiger partial charge is 0.481 e. The average Bonchev–Trinajstić information content (AvgIpc) is 3.08. The zero-order valence-corrected chi connectivity index (χ0v) is 15.1. The zero-order chi connectivity index (χ0) is 19.4. The van der Waals surface area contributed by atoms with Gasteiger partial charge in [0.05, 0.1) is 5.41 Å².